The third-order valence-corrected chi connectivity index (χ3v) is 14.6. The molecule has 6 rings (SSSR count). The summed E-state index contributed by atoms with van der Waals surface area (Å²) in [4.78, 5) is 37.9. The minimum Gasteiger partial charge on any atom is -0.481 e. The van der Waals surface area contributed by atoms with E-state index >= 15 is 0 Å². The number of non-ortho nitro benzene ring substituents is 1. The van der Waals surface area contributed by atoms with E-state index in [1.165, 1.54) is 11.6 Å². The number of carboxylic acids is 1. The second-order valence-electron chi connectivity index (χ2n) is 17.1. The van der Waals surface area contributed by atoms with Gasteiger partial charge in [0, 0.05) is 18.1 Å². The first-order valence-corrected chi connectivity index (χ1v) is 16.8. The van der Waals surface area contributed by atoms with E-state index in [2.05, 4.69) is 41.5 Å². The Hall–Kier alpha value is -2.54. The van der Waals surface area contributed by atoms with Crippen LogP contribution in [-0.4, -0.2) is 27.9 Å². The van der Waals surface area contributed by atoms with Gasteiger partial charge in [-0.2, -0.15) is 0 Å². The molecular weight excluding hydrogens is 554 g/mol. The van der Waals surface area contributed by atoms with Crippen LogP contribution < -0.4 is 0 Å². The maximum absolute atomic E-state index is 14.6. The maximum atomic E-state index is 14.6. The third kappa shape index (κ3) is 4.30. The molecule has 0 saturated heterocycles. The number of fused-ring (bicyclic) bond motifs is 7. The zero-order chi connectivity index (χ0) is 32.1. The molecule has 1 N–H and O–H groups in total. The molecule has 0 heterocycles. The van der Waals surface area contributed by atoms with Gasteiger partial charge >= 0.3 is 5.97 Å². The van der Waals surface area contributed by atoms with Gasteiger partial charge in [0.05, 0.1) is 23.0 Å². The van der Waals surface area contributed by atoms with Gasteiger partial charge in [-0.25, -0.2) is 0 Å². The van der Waals surface area contributed by atoms with E-state index in [4.69, 9.17) is 4.74 Å². The van der Waals surface area contributed by atoms with Gasteiger partial charge in [0.25, 0.3) is 5.69 Å². The average Bonchev–Trinajstić information content (AvgIpc) is 2.94. The lowest BCUT2D eigenvalue weighted by Gasteiger charge is -2.70. The van der Waals surface area contributed by atoms with E-state index in [0.717, 1.165) is 50.5 Å². The highest BCUT2D eigenvalue weighted by Crippen LogP contribution is 2.75. The molecule has 240 valence electrons. The quantitative estimate of drug-likeness (QED) is 0.266. The SMILES string of the molecule is CC1(C)[C@@H](OCc2cccc([N+](=O)[O-])c2)CC[C@]2(C)[C@H]3C(=O)C=C4[C@@H]5C[C@@](C)(C(=O)O)CC[C@]5(C)CC[C@@]4(C)[C@]3(C)CC[C@@H]12. The van der Waals surface area contributed by atoms with Crippen molar-refractivity contribution in [2.75, 3.05) is 0 Å². The standard InChI is InChI=1S/C37H51NO6/c1-32(2)28-11-14-37(7)30(35(28,5)13-12-29(32)44-22-23-9-8-10-24(19-23)38(42)43)27(39)20-25-26-21-34(4,31(40)41)16-15-33(26,3)17-18-36(25,37)6/h8-10,19-20,26,28-30H,11-18,21-22H2,1-7H3,(H,40,41)/t26-,28-,29-,30+,33+,34-,35-,36+,37+/m0/s1. The van der Waals surface area contributed by atoms with Gasteiger partial charge in [-0.05, 0) is 115 Å². The van der Waals surface area contributed by atoms with Gasteiger partial charge < -0.3 is 9.84 Å². The van der Waals surface area contributed by atoms with Crippen LogP contribution in [0.15, 0.2) is 35.9 Å². The van der Waals surface area contributed by atoms with Gasteiger partial charge in [-0.1, -0.05) is 59.2 Å². The summed E-state index contributed by atoms with van der Waals surface area (Å²) in [5.74, 6) is -0.113. The minimum absolute atomic E-state index is 0.00380. The number of nitrogens with zero attached hydrogens (tertiary/aromatic N) is 1. The molecule has 5 aliphatic rings. The Morgan fingerprint density at radius 3 is 2.39 bits per heavy atom. The number of ether oxygens (including phenoxy) is 1. The Labute approximate surface area is 262 Å². The number of carboxylic acid groups (broad SMARTS) is 1. The summed E-state index contributed by atoms with van der Waals surface area (Å²) in [5.41, 5.74) is 0.752. The number of allylic oxidation sites excluding steroid dienone is 2. The van der Waals surface area contributed by atoms with Crippen LogP contribution in [0.3, 0.4) is 0 Å². The summed E-state index contributed by atoms with van der Waals surface area (Å²) in [6, 6.07) is 6.69. The van der Waals surface area contributed by atoms with Crippen molar-refractivity contribution in [2.24, 2.45) is 50.2 Å². The molecule has 4 saturated carbocycles. The molecule has 1 aromatic carbocycles. The van der Waals surface area contributed by atoms with E-state index < -0.39 is 11.4 Å². The van der Waals surface area contributed by atoms with Gasteiger partial charge in [0.2, 0.25) is 0 Å². The highest BCUT2D eigenvalue weighted by atomic mass is 16.6. The largest absolute Gasteiger partial charge is 0.481 e. The van der Waals surface area contributed by atoms with Gasteiger partial charge in [0.15, 0.2) is 5.78 Å². The number of ketones is 1. The summed E-state index contributed by atoms with van der Waals surface area (Å²) < 4.78 is 6.55. The Bertz CT molecular complexity index is 1430. The highest BCUT2D eigenvalue weighted by Gasteiger charge is 2.70. The third-order valence-electron chi connectivity index (χ3n) is 14.6. The number of benzene rings is 1. The normalized spacial score (nSPS) is 44.3. The number of aliphatic carboxylic acids is 1. The first-order chi connectivity index (χ1) is 20.4. The molecule has 4 fully saturated rings. The monoisotopic (exact) mass is 605 g/mol. The van der Waals surface area contributed by atoms with Gasteiger partial charge in [0.1, 0.15) is 0 Å². The van der Waals surface area contributed by atoms with Crippen LogP contribution in [0.2, 0.25) is 0 Å². The summed E-state index contributed by atoms with van der Waals surface area (Å²) in [6.07, 6.45) is 10.1. The molecular formula is C37H51NO6. The molecule has 1 aromatic rings. The van der Waals surface area contributed by atoms with Crippen LogP contribution in [0.25, 0.3) is 0 Å². The molecule has 5 aliphatic carbocycles. The Balaban J connectivity index is 1.30. The summed E-state index contributed by atoms with van der Waals surface area (Å²) in [7, 11) is 0. The number of hydrogen-bond donors (Lipinski definition) is 1. The van der Waals surface area contributed by atoms with Crippen LogP contribution in [0.4, 0.5) is 5.69 Å². The average molecular weight is 606 g/mol. The Morgan fingerprint density at radius 1 is 1.00 bits per heavy atom. The smallest absolute Gasteiger partial charge is 0.309 e. The van der Waals surface area contributed by atoms with Crippen LogP contribution in [0, 0.1) is 60.4 Å². The van der Waals surface area contributed by atoms with Crippen LogP contribution >= 0.6 is 0 Å². The van der Waals surface area contributed by atoms with Crippen molar-refractivity contribution < 1.29 is 24.4 Å². The summed E-state index contributed by atoms with van der Waals surface area (Å²) in [6.45, 7) is 16.3. The molecule has 0 bridgehead atoms. The fraction of sp³-hybridized carbons (Fsp3) is 0.730. The van der Waals surface area contributed by atoms with Crippen molar-refractivity contribution in [1.29, 1.82) is 0 Å². The molecule has 44 heavy (non-hydrogen) atoms. The fourth-order valence-electron chi connectivity index (χ4n) is 11.6. The van der Waals surface area contributed by atoms with Crippen molar-refractivity contribution in [3.05, 3.63) is 51.6 Å². The van der Waals surface area contributed by atoms with E-state index in [1.807, 2.05) is 19.1 Å². The van der Waals surface area contributed by atoms with E-state index in [9.17, 15) is 24.8 Å². The molecule has 9 atom stereocenters. The fourth-order valence-corrected chi connectivity index (χ4v) is 11.6. The van der Waals surface area contributed by atoms with Crippen LogP contribution in [0.5, 0.6) is 0 Å². The highest BCUT2D eigenvalue weighted by molar-refractivity contribution is 5.95. The second kappa shape index (κ2) is 9.98. The summed E-state index contributed by atoms with van der Waals surface area (Å²) >= 11 is 0. The van der Waals surface area contributed by atoms with Gasteiger partial charge in [-0.3, -0.25) is 19.7 Å². The molecule has 0 unspecified atom stereocenters. The van der Waals surface area contributed by atoms with Crippen molar-refractivity contribution in [3.63, 3.8) is 0 Å². The molecule has 0 radical (unpaired) electrons. The Morgan fingerprint density at radius 2 is 1.70 bits per heavy atom. The number of rotatable bonds is 5. The summed E-state index contributed by atoms with van der Waals surface area (Å²) in [5, 5.41) is 21.5. The van der Waals surface area contributed by atoms with Crippen molar-refractivity contribution >= 4 is 17.4 Å². The van der Waals surface area contributed by atoms with E-state index in [0.29, 0.717) is 25.4 Å². The number of nitro benzene ring substituents is 1. The molecule has 0 spiro atoms. The predicted octanol–water partition coefficient (Wildman–Crippen LogP) is 8.55. The van der Waals surface area contributed by atoms with Gasteiger partial charge in [-0.15, -0.1) is 0 Å². The lowest BCUT2D eigenvalue weighted by atomic mass is 9.33. The molecule has 0 aromatic heterocycles. The van der Waals surface area contributed by atoms with E-state index in [-0.39, 0.29) is 61.4 Å². The first kappa shape index (κ1) is 31.4. The molecule has 7 heteroatoms. The lowest BCUT2D eigenvalue weighted by molar-refractivity contribution is -0.385. The zero-order valence-corrected chi connectivity index (χ0v) is 27.7. The number of carbonyl (C=O) groups excluding carboxylic acids is 1. The Kier molecular flexibility index (Phi) is 7.13. The van der Waals surface area contributed by atoms with Crippen molar-refractivity contribution in [2.45, 2.75) is 119 Å². The van der Waals surface area contributed by atoms with Crippen molar-refractivity contribution in [3.8, 4) is 0 Å². The number of carbonyl (C=O) groups is 2. The van der Waals surface area contributed by atoms with Crippen molar-refractivity contribution in [1.82, 2.24) is 0 Å². The topological polar surface area (TPSA) is 107 Å². The lowest BCUT2D eigenvalue weighted by Crippen LogP contribution is -2.66. The van der Waals surface area contributed by atoms with Crippen LogP contribution in [0.1, 0.15) is 112 Å². The minimum atomic E-state index is -0.749. The molecule has 0 aliphatic heterocycles. The maximum Gasteiger partial charge on any atom is 0.309 e. The number of hydrogen-bond acceptors (Lipinski definition) is 5. The first-order valence-electron chi connectivity index (χ1n) is 16.8. The predicted molar refractivity (Wildman–Crippen MR) is 169 cm³/mol. The molecule has 0 amide bonds. The molecule has 7 nitrogen and oxygen atoms in total. The number of nitro groups is 1. The van der Waals surface area contributed by atoms with Crippen LogP contribution in [-0.2, 0) is 20.9 Å². The second-order valence-corrected chi connectivity index (χ2v) is 17.1. The van der Waals surface area contributed by atoms with E-state index in [1.54, 1.807) is 12.1 Å². The zero-order valence-electron chi connectivity index (χ0n) is 27.7.